The monoisotopic (exact) mass is 216 g/mol. The molecule has 4 heteroatoms. The predicted octanol–water partition coefficient (Wildman–Crippen LogP) is 1.95. The van der Waals surface area contributed by atoms with Gasteiger partial charge in [0, 0.05) is 12.6 Å². The summed E-state index contributed by atoms with van der Waals surface area (Å²) in [6, 6.07) is 2.82. The lowest BCUT2D eigenvalue weighted by Gasteiger charge is -2.22. The molecule has 0 bridgehead atoms. The van der Waals surface area contributed by atoms with Crippen LogP contribution in [0.15, 0.2) is 0 Å². The van der Waals surface area contributed by atoms with E-state index in [4.69, 9.17) is 0 Å². The summed E-state index contributed by atoms with van der Waals surface area (Å²) in [7, 11) is 0. The Morgan fingerprint density at radius 3 is 2.56 bits per heavy atom. The van der Waals surface area contributed by atoms with Gasteiger partial charge in [-0.1, -0.05) is 0 Å². The van der Waals surface area contributed by atoms with Crippen molar-refractivity contribution in [3.05, 3.63) is 16.8 Å². The van der Waals surface area contributed by atoms with Gasteiger partial charge in [0.2, 0.25) is 0 Å². The molecule has 0 unspecified atom stereocenters. The first-order valence-corrected chi connectivity index (χ1v) is 5.69. The second-order valence-electron chi connectivity index (χ2n) is 4.24. The molecule has 0 aromatic carbocycles. The normalized spacial score (nSPS) is 14.6. The van der Waals surface area contributed by atoms with Crippen molar-refractivity contribution in [2.24, 2.45) is 0 Å². The molecule has 1 aromatic heterocycles. The Morgan fingerprint density at radius 1 is 1.38 bits per heavy atom. The van der Waals surface area contributed by atoms with Crippen molar-refractivity contribution < 1.29 is 0 Å². The smallest absolute Gasteiger partial charge is 0.169 e. The van der Waals surface area contributed by atoms with Crippen LogP contribution in [0.3, 0.4) is 0 Å². The van der Waals surface area contributed by atoms with E-state index in [0.717, 1.165) is 23.6 Å². The number of nitrogens with zero attached hydrogens (tertiary/aromatic N) is 4. The van der Waals surface area contributed by atoms with Crippen LogP contribution in [-0.4, -0.2) is 22.8 Å². The van der Waals surface area contributed by atoms with Gasteiger partial charge in [0.05, 0.1) is 5.69 Å². The van der Waals surface area contributed by atoms with Gasteiger partial charge in [0.1, 0.15) is 11.6 Å². The standard InChI is InChI=1S/C12H16N4/c1-4-16(10-5-6-10)12-11(7-13)8(2)9(3)14-15-12/h10H,4-6H2,1-3H3. The lowest BCUT2D eigenvalue weighted by atomic mass is 10.1. The van der Waals surface area contributed by atoms with Crippen LogP contribution in [-0.2, 0) is 0 Å². The second kappa shape index (κ2) is 4.09. The number of hydrogen-bond donors (Lipinski definition) is 0. The van der Waals surface area contributed by atoms with Crippen LogP contribution >= 0.6 is 0 Å². The van der Waals surface area contributed by atoms with Crippen molar-refractivity contribution in [3.8, 4) is 6.07 Å². The average Bonchev–Trinajstić information content (AvgIpc) is 3.09. The van der Waals surface area contributed by atoms with Crippen LogP contribution in [0.5, 0.6) is 0 Å². The van der Waals surface area contributed by atoms with E-state index in [1.807, 2.05) is 13.8 Å². The molecule has 0 saturated heterocycles. The molecule has 1 aliphatic carbocycles. The molecular weight excluding hydrogens is 200 g/mol. The molecule has 1 aromatic rings. The lowest BCUT2D eigenvalue weighted by molar-refractivity contribution is 0.781. The minimum Gasteiger partial charge on any atom is -0.351 e. The summed E-state index contributed by atoms with van der Waals surface area (Å²) >= 11 is 0. The maximum atomic E-state index is 9.23. The Balaban J connectivity index is 2.47. The van der Waals surface area contributed by atoms with Gasteiger partial charge in [-0.3, -0.25) is 0 Å². The molecule has 1 saturated carbocycles. The van der Waals surface area contributed by atoms with E-state index in [1.165, 1.54) is 12.8 Å². The third-order valence-electron chi connectivity index (χ3n) is 3.15. The molecule has 0 N–H and O–H groups in total. The van der Waals surface area contributed by atoms with Gasteiger partial charge in [-0.05, 0) is 39.2 Å². The van der Waals surface area contributed by atoms with Crippen LogP contribution in [0.1, 0.15) is 36.6 Å². The fraction of sp³-hybridized carbons (Fsp3) is 0.583. The predicted molar refractivity (Wildman–Crippen MR) is 62.3 cm³/mol. The van der Waals surface area contributed by atoms with Crippen molar-refractivity contribution in [1.82, 2.24) is 10.2 Å². The molecule has 0 aliphatic heterocycles. The van der Waals surface area contributed by atoms with Crippen LogP contribution in [0.25, 0.3) is 0 Å². The zero-order valence-corrected chi connectivity index (χ0v) is 9.99. The molecule has 84 valence electrons. The number of rotatable bonds is 3. The van der Waals surface area contributed by atoms with E-state index in [9.17, 15) is 5.26 Å². The Bertz CT molecular complexity index is 443. The minimum absolute atomic E-state index is 0.563. The summed E-state index contributed by atoms with van der Waals surface area (Å²) in [6.45, 7) is 6.81. The maximum Gasteiger partial charge on any atom is 0.169 e. The second-order valence-corrected chi connectivity index (χ2v) is 4.24. The summed E-state index contributed by atoms with van der Waals surface area (Å²) < 4.78 is 0. The van der Waals surface area contributed by atoms with Gasteiger partial charge in [0.25, 0.3) is 0 Å². The first kappa shape index (κ1) is 10.9. The zero-order valence-electron chi connectivity index (χ0n) is 9.99. The van der Waals surface area contributed by atoms with Gasteiger partial charge in [0.15, 0.2) is 5.82 Å². The molecule has 0 amide bonds. The van der Waals surface area contributed by atoms with E-state index in [-0.39, 0.29) is 0 Å². The number of nitriles is 1. The first-order chi connectivity index (χ1) is 7.69. The van der Waals surface area contributed by atoms with Gasteiger partial charge in [-0.15, -0.1) is 5.10 Å². The molecule has 0 atom stereocenters. The molecule has 1 heterocycles. The highest BCUT2D eigenvalue weighted by atomic mass is 15.3. The van der Waals surface area contributed by atoms with Crippen LogP contribution in [0.2, 0.25) is 0 Å². The van der Waals surface area contributed by atoms with Crippen molar-refractivity contribution in [2.45, 2.75) is 39.7 Å². The molecule has 0 radical (unpaired) electrons. The summed E-state index contributed by atoms with van der Waals surface area (Å²) in [5.74, 6) is 0.760. The third-order valence-corrected chi connectivity index (χ3v) is 3.15. The topological polar surface area (TPSA) is 52.8 Å². The van der Waals surface area contributed by atoms with Crippen molar-refractivity contribution in [2.75, 3.05) is 11.4 Å². The van der Waals surface area contributed by atoms with Gasteiger partial charge in [-0.25, -0.2) is 0 Å². The van der Waals surface area contributed by atoms with E-state index in [1.54, 1.807) is 0 Å². The van der Waals surface area contributed by atoms with E-state index < -0.39 is 0 Å². The largest absolute Gasteiger partial charge is 0.351 e. The van der Waals surface area contributed by atoms with Crippen LogP contribution < -0.4 is 4.90 Å². The molecule has 2 rings (SSSR count). The Kier molecular flexibility index (Phi) is 2.78. The van der Waals surface area contributed by atoms with Crippen LogP contribution in [0, 0.1) is 25.2 Å². The van der Waals surface area contributed by atoms with Crippen molar-refractivity contribution in [3.63, 3.8) is 0 Å². The Morgan fingerprint density at radius 2 is 2.06 bits per heavy atom. The van der Waals surface area contributed by atoms with Crippen molar-refractivity contribution >= 4 is 5.82 Å². The molecule has 0 spiro atoms. The average molecular weight is 216 g/mol. The van der Waals surface area contributed by atoms with Crippen LogP contribution in [0.4, 0.5) is 5.82 Å². The van der Waals surface area contributed by atoms with E-state index >= 15 is 0 Å². The maximum absolute atomic E-state index is 9.23. The minimum atomic E-state index is 0.563. The van der Waals surface area contributed by atoms with Gasteiger partial charge in [-0.2, -0.15) is 10.4 Å². The SMILES string of the molecule is CCN(c1nnc(C)c(C)c1C#N)C1CC1. The lowest BCUT2D eigenvalue weighted by Crippen LogP contribution is -2.27. The van der Waals surface area contributed by atoms with Gasteiger partial charge >= 0.3 is 0 Å². The Labute approximate surface area is 95.9 Å². The fourth-order valence-corrected chi connectivity index (χ4v) is 1.90. The molecule has 16 heavy (non-hydrogen) atoms. The highest BCUT2D eigenvalue weighted by molar-refractivity contribution is 5.58. The quantitative estimate of drug-likeness (QED) is 0.775. The number of anilines is 1. The summed E-state index contributed by atoms with van der Waals surface area (Å²) in [6.07, 6.45) is 2.40. The number of hydrogen-bond acceptors (Lipinski definition) is 4. The summed E-state index contributed by atoms with van der Waals surface area (Å²) in [5.41, 5.74) is 2.47. The zero-order chi connectivity index (χ0) is 11.7. The molecule has 4 nitrogen and oxygen atoms in total. The first-order valence-electron chi connectivity index (χ1n) is 5.69. The third kappa shape index (κ3) is 1.73. The fourth-order valence-electron chi connectivity index (χ4n) is 1.90. The Hall–Kier alpha value is -1.63. The van der Waals surface area contributed by atoms with E-state index in [2.05, 4.69) is 28.1 Å². The van der Waals surface area contributed by atoms with E-state index in [0.29, 0.717) is 11.6 Å². The number of aryl methyl sites for hydroxylation is 1. The molecule has 1 fully saturated rings. The highest BCUT2D eigenvalue weighted by Gasteiger charge is 2.31. The summed E-state index contributed by atoms with van der Waals surface area (Å²) in [5, 5.41) is 17.5. The number of aromatic nitrogens is 2. The molecule has 1 aliphatic rings. The molecular formula is C12H16N4. The van der Waals surface area contributed by atoms with Crippen molar-refractivity contribution in [1.29, 1.82) is 5.26 Å². The highest BCUT2D eigenvalue weighted by Crippen LogP contribution is 2.32. The summed E-state index contributed by atoms with van der Waals surface area (Å²) in [4.78, 5) is 2.19. The van der Waals surface area contributed by atoms with Gasteiger partial charge < -0.3 is 4.90 Å².